The van der Waals surface area contributed by atoms with E-state index in [1.165, 1.54) is 6.07 Å². The highest BCUT2D eigenvalue weighted by molar-refractivity contribution is 5.81. The summed E-state index contributed by atoms with van der Waals surface area (Å²) in [5.41, 5.74) is 1.27. The van der Waals surface area contributed by atoms with E-state index in [0.29, 0.717) is 12.3 Å². The van der Waals surface area contributed by atoms with Crippen molar-refractivity contribution in [3.8, 4) is 0 Å². The summed E-state index contributed by atoms with van der Waals surface area (Å²) in [5, 5.41) is 5.51. The quantitative estimate of drug-likeness (QED) is 0.812. The van der Waals surface area contributed by atoms with E-state index in [2.05, 4.69) is 10.6 Å². The van der Waals surface area contributed by atoms with E-state index < -0.39 is 0 Å². The Bertz CT molecular complexity index is 410. The van der Waals surface area contributed by atoms with Gasteiger partial charge in [0.1, 0.15) is 5.82 Å². The maximum Gasteiger partial charge on any atom is 0.239 e. The summed E-state index contributed by atoms with van der Waals surface area (Å²) in [7, 11) is 1.57. The normalized spacial score (nSPS) is 12.0. The number of hydrogen-bond donors (Lipinski definition) is 2. The molecule has 0 saturated carbocycles. The number of anilines is 1. The van der Waals surface area contributed by atoms with Crippen LogP contribution in [0.4, 0.5) is 10.1 Å². The molecule has 0 fully saturated rings. The zero-order chi connectivity index (χ0) is 13.5. The van der Waals surface area contributed by atoms with E-state index in [0.717, 1.165) is 5.56 Å². The number of methoxy groups -OCH3 is 1. The molecule has 0 aliphatic carbocycles. The second-order valence-electron chi connectivity index (χ2n) is 4.26. The lowest BCUT2D eigenvalue weighted by Crippen LogP contribution is -2.39. The molecule has 2 N–H and O–H groups in total. The molecule has 1 atom stereocenters. The average molecular weight is 254 g/mol. The molecule has 0 aliphatic rings. The number of nitrogens with one attached hydrogen (secondary N) is 2. The number of aryl methyl sites for hydroxylation is 1. The number of carbonyl (C=O) groups is 1. The molecule has 5 heteroatoms. The van der Waals surface area contributed by atoms with Gasteiger partial charge in [0.2, 0.25) is 5.91 Å². The third kappa shape index (κ3) is 4.71. The maximum atomic E-state index is 13.4. The van der Waals surface area contributed by atoms with Crippen LogP contribution in [-0.4, -0.2) is 32.2 Å². The van der Waals surface area contributed by atoms with Crippen LogP contribution in [0.2, 0.25) is 0 Å². The highest BCUT2D eigenvalue weighted by Gasteiger charge is 2.08. The highest BCUT2D eigenvalue weighted by Crippen LogP contribution is 2.14. The molecule has 100 valence electrons. The van der Waals surface area contributed by atoms with Crippen molar-refractivity contribution in [2.45, 2.75) is 19.9 Å². The van der Waals surface area contributed by atoms with Gasteiger partial charge in [0.25, 0.3) is 0 Å². The minimum Gasteiger partial charge on any atom is -0.383 e. The van der Waals surface area contributed by atoms with Gasteiger partial charge in [-0.3, -0.25) is 4.79 Å². The van der Waals surface area contributed by atoms with Crippen LogP contribution in [0.15, 0.2) is 18.2 Å². The fraction of sp³-hybridized carbons (Fsp3) is 0.462. The van der Waals surface area contributed by atoms with Crippen molar-refractivity contribution in [3.05, 3.63) is 29.6 Å². The van der Waals surface area contributed by atoms with Gasteiger partial charge in [0.15, 0.2) is 0 Å². The van der Waals surface area contributed by atoms with Crippen LogP contribution >= 0.6 is 0 Å². The molecule has 0 radical (unpaired) electrons. The average Bonchev–Trinajstić information content (AvgIpc) is 2.30. The Balaban J connectivity index is 2.45. The number of halogens is 1. The summed E-state index contributed by atoms with van der Waals surface area (Å²) in [6.07, 6.45) is 0. The van der Waals surface area contributed by atoms with Gasteiger partial charge >= 0.3 is 0 Å². The zero-order valence-electron chi connectivity index (χ0n) is 10.9. The zero-order valence-corrected chi connectivity index (χ0v) is 10.9. The van der Waals surface area contributed by atoms with E-state index in [9.17, 15) is 9.18 Å². The van der Waals surface area contributed by atoms with Gasteiger partial charge in [-0.2, -0.15) is 0 Å². The SMILES string of the molecule is COCC(C)NC(=O)CNc1cc(C)ccc1F. The lowest BCUT2D eigenvalue weighted by Gasteiger charge is -2.14. The number of ether oxygens (including phenoxy) is 1. The second-order valence-corrected chi connectivity index (χ2v) is 4.26. The third-order valence-electron chi connectivity index (χ3n) is 2.39. The number of hydrogen-bond acceptors (Lipinski definition) is 3. The fourth-order valence-corrected chi connectivity index (χ4v) is 1.57. The summed E-state index contributed by atoms with van der Waals surface area (Å²) in [4.78, 5) is 11.5. The lowest BCUT2D eigenvalue weighted by molar-refractivity contribution is -0.120. The Morgan fingerprint density at radius 3 is 2.89 bits per heavy atom. The molecular formula is C13H19FN2O2. The van der Waals surface area contributed by atoms with Crippen LogP contribution in [0.5, 0.6) is 0 Å². The molecule has 18 heavy (non-hydrogen) atoms. The molecular weight excluding hydrogens is 235 g/mol. The first-order chi connectivity index (χ1) is 8.52. The summed E-state index contributed by atoms with van der Waals surface area (Å²) in [6.45, 7) is 4.19. The fourth-order valence-electron chi connectivity index (χ4n) is 1.57. The summed E-state index contributed by atoms with van der Waals surface area (Å²) < 4.78 is 18.3. The molecule has 1 rings (SSSR count). The second kappa shape index (κ2) is 6.96. The monoisotopic (exact) mass is 254 g/mol. The number of benzene rings is 1. The van der Waals surface area contributed by atoms with Gasteiger partial charge in [-0.1, -0.05) is 6.07 Å². The van der Waals surface area contributed by atoms with Crippen LogP contribution in [0.3, 0.4) is 0 Å². The minimum atomic E-state index is -0.363. The van der Waals surface area contributed by atoms with Gasteiger partial charge in [0.05, 0.1) is 18.8 Å². The Hall–Kier alpha value is -1.62. The van der Waals surface area contributed by atoms with E-state index in [1.807, 2.05) is 13.8 Å². The summed E-state index contributed by atoms with van der Waals surface area (Å²) >= 11 is 0. The smallest absolute Gasteiger partial charge is 0.239 e. The Labute approximate surface area is 107 Å². The number of rotatable bonds is 6. The van der Waals surface area contributed by atoms with Crippen molar-refractivity contribution in [1.29, 1.82) is 0 Å². The molecule has 0 aliphatic heterocycles. The van der Waals surface area contributed by atoms with Gasteiger partial charge in [-0.15, -0.1) is 0 Å². The summed E-state index contributed by atoms with van der Waals surface area (Å²) in [6, 6.07) is 4.66. The largest absolute Gasteiger partial charge is 0.383 e. The van der Waals surface area contributed by atoms with Gasteiger partial charge < -0.3 is 15.4 Å². The number of carbonyl (C=O) groups excluding carboxylic acids is 1. The Morgan fingerprint density at radius 1 is 1.50 bits per heavy atom. The minimum absolute atomic E-state index is 0.0361. The molecule has 0 aromatic heterocycles. The molecule has 0 heterocycles. The van der Waals surface area contributed by atoms with Gasteiger partial charge in [-0.05, 0) is 31.5 Å². The predicted octanol–water partition coefficient (Wildman–Crippen LogP) is 1.70. The summed E-state index contributed by atoms with van der Waals surface area (Å²) in [5.74, 6) is -0.557. The molecule has 4 nitrogen and oxygen atoms in total. The van der Waals surface area contributed by atoms with Crippen molar-refractivity contribution in [2.75, 3.05) is 25.6 Å². The predicted molar refractivity (Wildman–Crippen MR) is 69.1 cm³/mol. The Morgan fingerprint density at radius 2 is 2.22 bits per heavy atom. The van der Waals surface area contributed by atoms with Gasteiger partial charge in [0, 0.05) is 13.2 Å². The van der Waals surface area contributed by atoms with E-state index in [-0.39, 0.29) is 24.3 Å². The van der Waals surface area contributed by atoms with E-state index in [1.54, 1.807) is 19.2 Å². The first-order valence-electron chi connectivity index (χ1n) is 5.81. The highest BCUT2D eigenvalue weighted by atomic mass is 19.1. The molecule has 0 saturated heterocycles. The molecule has 1 aromatic rings. The van der Waals surface area contributed by atoms with Gasteiger partial charge in [-0.25, -0.2) is 4.39 Å². The molecule has 0 spiro atoms. The van der Waals surface area contributed by atoms with Crippen LogP contribution < -0.4 is 10.6 Å². The van der Waals surface area contributed by atoms with Crippen molar-refractivity contribution in [2.24, 2.45) is 0 Å². The van der Waals surface area contributed by atoms with Crippen LogP contribution in [0, 0.1) is 12.7 Å². The van der Waals surface area contributed by atoms with Crippen molar-refractivity contribution in [1.82, 2.24) is 5.32 Å². The lowest BCUT2D eigenvalue weighted by atomic mass is 10.2. The Kier molecular flexibility index (Phi) is 5.58. The molecule has 0 bridgehead atoms. The van der Waals surface area contributed by atoms with Crippen LogP contribution in [0.25, 0.3) is 0 Å². The topological polar surface area (TPSA) is 50.4 Å². The molecule has 1 unspecified atom stereocenters. The maximum absolute atomic E-state index is 13.4. The first kappa shape index (κ1) is 14.4. The molecule has 1 amide bonds. The van der Waals surface area contributed by atoms with Crippen LogP contribution in [0.1, 0.15) is 12.5 Å². The standard InChI is InChI=1S/C13H19FN2O2/c1-9-4-5-11(14)12(6-9)15-7-13(17)16-10(2)8-18-3/h4-6,10,15H,7-8H2,1-3H3,(H,16,17). The van der Waals surface area contributed by atoms with Crippen molar-refractivity contribution >= 4 is 11.6 Å². The van der Waals surface area contributed by atoms with E-state index >= 15 is 0 Å². The van der Waals surface area contributed by atoms with E-state index in [4.69, 9.17) is 4.74 Å². The van der Waals surface area contributed by atoms with Crippen LogP contribution in [-0.2, 0) is 9.53 Å². The number of amides is 1. The first-order valence-corrected chi connectivity index (χ1v) is 5.81. The van der Waals surface area contributed by atoms with Crippen molar-refractivity contribution in [3.63, 3.8) is 0 Å². The van der Waals surface area contributed by atoms with Crippen molar-refractivity contribution < 1.29 is 13.9 Å². The third-order valence-corrected chi connectivity index (χ3v) is 2.39. The molecule has 1 aromatic carbocycles.